The number of anilines is 1. The van der Waals surface area contributed by atoms with Gasteiger partial charge in [0.25, 0.3) is 0 Å². The van der Waals surface area contributed by atoms with E-state index in [0.29, 0.717) is 23.4 Å². The highest BCUT2D eigenvalue weighted by Gasteiger charge is 2.43. The Kier molecular flexibility index (Phi) is 3.38. The van der Waals surface area contributed by atoms with Crippen molar-refractivity contribution in [3.63, 3.8) is 0 Å². The molecule has 2 saturated carbocycles. The smallest absolute Gasteiger partial charge is 0.160 e. The molecular weight excluding hydrogens is 286 g/mol. The van der Waals surface area contributed by atoms with Gasteiger partial charge < -0.3 is 11.1 Å². The maximum atomic E-state index is 6.06. The molecule has 2 aliphatic carbocycles. The summed E-state index contributed by atoms with van der Waals surface area (Å²) in [6, 6.07) is 2.98. The lowest BCUT2D eigenvalue weighted by molar-refractivity contribution is 0.460. The molecule has 23 heavy (non-hydrogen) atoms. The second kappa shape index (κ2) is 5.20. The molecule has 0 aliphatic heterocycles. The van der Waals surface area contributed by atoms with Crippen molar-refractivity contribution in [1.82, 2.24) is 14.6 Å². The summed E-state index contributed by atoms with van der Waals surface area (Å²) in [5, 5.41) is 8.19. The SMILES string of the molecule is Cc1cnn2c(N[C@H]3CC[C@H](N)C3)cc([C@@H](C)C3(C)CC3)nc12. The van der Waals surface area contributed by atoms with Crippen molar-refractivity contribution >= 4 is 11.5 Å². The van der Waals surface area contributed by atoms with Crippen LogP contribution < -0.4 is 11.1 Å². The standard InChI is InChI=1S/C18H27N5/c1-11-10-20-23-16(21-14-5-4-13(19)8-14)9-15(22-17(11)23)12(2)18(3)6-7-18/h9-10,12-14,21H,4-8,19H2,1-3H3/t12-,13+,14+/m1/s1. The van der Waals surface area contributed by atoms with Crippen molar-refractivity contribution in [3.8, 4) is 0 Å². The van der Waals surface area contributed by atoms with Crippen molar-refractivity contribution in [2.75, 3.05) is 5.32 Å². The van der Waals surface area contributed by atoms with E-state index in [-0.39, 0.29) is 0 Å². The summed E-state index contributed by atoms with van der Waals surface area (Å²) in [6.45, 7) is 6.76. The first-order chi connectivity index (χ1) is 11.0. The number of aromatic nitrogens is 3. The van der Waals surface area contributed by atoms with E-state index in [1.807, 2.05) is 10.7 Å². The largest absolute Gasteiger partial charge is 0.367 e. The minimum atomic E-state index is 0.327. The van der Waals surface area contributed by atoms with Gasteiger partial charge in [-0.2, -0.15) is 9.61 Å². The molecule has 0 amide bonds. The molecule has 0 bridgehead atoms. The first-order valence-electron chi connectivity index (χ1n) is 8.84. The molecule has 0 saturated heterocycles. The van der Waals surface area contributed by atoms with Gasteiger partial charge in [-0.1, -0.05) is 13.8 Å². The van der Waals surface area contributed by atoms with Crippen LogP contribution in [0.4, 0.5) is 5.82 Å². The van der Waals surface area contributed by atoms with E-state index in [0.717, 1.165) is 36.3 Å². The van der Waals surface area contributed by atoms with Crippen molar-refractivity contribution in [2.24, 2.45) is 11.1 Å². The Morgan fingerprint density at radius 1 is 1.39 bits per heavy atom. The zero-order valence-electron chi connectivity index (χ0n) is 14.3. The Hall–Kier alpha value is -1.62. The van der Waals surface area contributed by atoms with Gasteiger partial charge in [-0.3, -0.25) is 0 Å². The van der Waals surface area contributed by atoms with E-state index in [9.17, 15) is 0 Å². The summed E-state index contributed by atoms with van der Waals surface area (Å²) in [6.07, 6.45) is 7.78. The first kappa shape index (κ1) is 14.9. The van der Waals surface area contributed by atoms with Crippen LogP contribution in [0.3, 0.4) is 0 Å². The van der Waals surface area contributed by atoms with Crippen LogP contribution in [0.25, 0.3) is 5.65 Å². The topological polar surface area (TPSA) is 68.2 Å². The molecule has 2 aliphatic rings. The fourth-order valence-corrected chi connectivity index (χ4v) is 3.76. The van der Waals surface area contributed by atoms with Gasteiger partial charge in [-0.05, 0) is 44.4 Å². The number of nitrogens with one attached hydrogen (secondary N) is 1. The summed E-state index contributed by atoms with van der Waals surface area (Å²) >= 11 is 0. The van der Waals surface area contributed by atoms with Crippen molar-refractivity contribution in [3.05, 3.63) is 23.5 Å². The summed E-state index contributed by atoms with van der Waals surface area (Å²) < 4.78 is 1.95. The molecule has 0 spiro atoms. The molecule has 2 aromatic rings. The number of rotatable bonds is 4. The Morgan fingerprint density at radius 3 is 2.83 bits per heavy atom. The maximum Gasteiger partial charge on any atom is 0.160 e. The highest BCUT2D eigenvalue weighted by atomic mass is 15.3. The number of fused-ring (bicyclic) bond motifs is 1. The summed E-state index contributed by atoms with van der Waals surface area (Å²) in [5.41, 5.74) is 9.78. The molecular formula is C18H27N5. The Balaban J connectivity index is 1.72. The maximum absolute atomic E-state index is 6.06. The number of hydrogen-bond acceptors (Lipinski definition) is 4. The van der Waals surface area contributed by atoms with Crippen molar-refractivity contribution in [1.29, 1.82) is 0 Å². The normalized spacial score (nSPS) is 27.3. The number of aryl methyl sites for hydroxylation is 1. The number of nitrogens with zero attached hydrogens (tertiary/aromatic N) is 3. The fourth-order valence-electron chi connectivity index (χ4n) is 3.76. The van der Waals surface area contributed by atoms with E-state index >= 15 is 0 Å². The molecule has 2 heterocycles. The summed E-state index contributed by atoms with van der Waals surface area (Å²) in [7, 11) is 0. The molecule has 3 N–H and O–H groups in total. The zero-order valence-corrected chi connectivity index (χ0v) is 14.3. The fraction of sp³-hybridized carbons (Fsp3) is 0.667. The molecule has 3 atom stereocenters. The second-order valence-corrected chi connectivity index (χ2v) is 7.92. The van der Waals surface area contributed by atoms with Crippen LogP contribution in [-0.4, -0.2) is 26.7 Å². The van der Waals surface area contributed by atoms with Gasteiger partial charge in [-0.25, -0.2) is 4.98 Å². The lowest BCUT2D eigenvalue weighted by atomic mass is 9.89. The average molecular weight is 313 g/mol. The molecule has 0 aromatic carbocycles. The van der Waals surface area contributed by atoms with E-state index < -0.39 is 0 Å². The molecule has 4 rings (SSSR count). The van der Waals surface area contributed by atoms with Gasteiger partial charge in [-0.15, -0.1) is 0 Å². The van der Waals surface area contributed by atoms with Crippen LogP contribution in [0.1, 0.15) is 63.1 Å². The van der Waals surface area contributed by atoms with Crippen LogP contribution >= 0.6 is 0 Å². The minimum absolute atomic E-state index is 0.327. The van der Waals surface area contributed by atoms with Crippen LogP contribution in [0.15, 0.2) is 12.3 Å². The van der Waals surface area contributed by atoms with Gasteiger partial charge in [0.1, 0.15) is 5.82 Å². The first-order valence-corrected chi connectivity index (χ1v) is 8.84. The Labute approximate surface area is 137 Å². The predicted octanol–water partition coefficient (Wildman–Crippen LogP) is 3.23. The van der Waals surface area contributed by atoms with Crippen LogP contribution in [0, 0.1) is 12.3 Å². The minimum Gasteiger partial charge on any atom is -0.367 e. The van der Waals surface area contributed by atoms with Gasteiger partial charge in [0.05, 0.1) is 6.20 Å². The Bertz CT molecular complexity index is 730. The summed E-state index contributed by atoms with van der Waals surface area (Å²) in [5.74, 6) is 1.54. The monoisotopic (exact) mass is 313 g/mol. The van der Waals surface area contributed by atoms with E-state index in [2.05, 4.69) is 37.3 Å². The lowest BCUT2D eigenvalue weighted by Crippen LogP contribution is -2.22. The third-order valence-corrected chi connectivity index (χ3v) is 6.02. The molecule has 5 heteroatoms. The van der Waals surface area contributed by atoms with Crippen molar-refractivity contribution < 1.29 is 0 Å². The molecule has 0 unspecified atom stereocenters. The average Bonchev–Trinajstić information content (AvgIpc) is 2.97. The van der Waals surface area contributed by atoms with Crippen LogP contribution in [-0.2, 0) is 0 Å². The quantitative estimate of drug-likeness (QED) is 0.909. The molecule has 0 radical (unpaired) electrons. The Morgan fingerprint density at radius 2 is 2.17 bits per heavy atom. The predicted molar refractivity (Wildman–Crippen MR) is 92.7 cm³/mol. The highest BCUT2D eigenvalue weighted by molar-refractivity contribution is 5.54. The summed E-state index contributed by atoms with van der Waals surface area (Å²) in [4.78, 5) is 4.93. The molecule has 2 aromatic heterocycles. The van der Waals surface area contributed by atoms with Gasteiger partial charge in [0.2, 0.25) is 0 Å². The van der Waals surface area contributed by atoms with Crippen LogP contribution in [0.2, 0.25) is 0 Å². The zero-order chi connectivity index (χ0) is 16.2. The van der Waals surface area contributed by atoms with Gasteiger partial charge >= 0.3 is 0 Å². The molecule has 5 nitrogen and oxygen atoms in total. The third-order valence-electron chi connectivity index (χ3n) is 6.02. The second-order valence-electron chi connectivity index (χ2n) is 7.92. The van der Waals surface area contributed by atoms with Gasteiger partial charge in [0.15, 0.2) is 5.65 Å². The highest BCUT2D eigenvalue weighted by Crippen LogP contribution is 2.55. The molecule has 124 valence electrons. The van der Waals surface area contributed by atoms with Crippen LogP contribution in [0.5, 0.6) is 0 Å². The molecule has 2 fully saturated rings. The number of hydrogen-bond donors (Lipinski definition) is 2. The van der Waals surface area contributed by atoms with Crippen molar-refractivity contribution in [2.45, 2.75) is 70.9 Å². The number of nitrogens with two attached hydrogens (primary N) is 1. The lowest BCUT2D eigenvalue weighted by Gasteiger charge is -2.21. The van der Waals surface area contributed by atoms with E-state index in [1.165, 1.54) is 18.5 Å². The van der Waals surface area contributed by atoms with E-state index in [4.69, 9.17) is 10.7 Å². The van der Waals surface area contributed by atoms with Gasteiger partial charge in [0, 0.05) is 35.3 Å². The van der Waals surface area contributed by atoms with E-state index in [1.54, 1.807) is 0 Å². The third kappa shape index (κ3) is 2.61.